The van der Waals surface area contributed by atoms with Crippen molar-refractivity contribution in [2.24, 2.45) is 5.73 Å². The van der Waals surface area contributed by atoms with E-state index in [1.54, 1.807) is 12.1 Å². The second kappa shape index (κ2) is 5.79. The largest absolute Gasteiger partial charge is 0.388 e. The Hall–Kier alpha value is -1.99. The van der Waals surface area contributed by atoms with Gasteiger partial charge in [0.25, 0.3) is 10.0 Å². The van der Waals surface area contributed by atoms with Crippen molar-refractivity contribution < 1.29 is 8.42 Å². The fourth-order valence-corrected chi connectivity index (χ4v) is 3.40. The van der Waals surface area contributed by atoms with Gasteiger partial charge in [-0.15, -0.1) is 0 Å². The standard InChI is InChI=1S/C14H15N3O2S2/c1-10-5-7-11(8-6-10)17(2)21(18,19)12-4-3-9-16-13(12)14(15)20/h3-9H,1-2H3,(H2,15,20). The number of aryl methyl sites for hydroxylation is 1. The van der Waals surface area contributed by atoms with E-state index in [1.165, 1.54) is 29.7 Å². The third kappa shape index (κ3) is 3.03. The summed E-state index contributed by atoms with van der Waals surface area (Å²) in [6.45, 7) is 1.93. The summed E-state index contributed by atoms with van der Waals surface area (Å²) in [4.78, 5) is 3.91. The number of hydrogen-bond acceptors (Lipinski definition) is 4. The van der Waals surface area contributed by atoms with Crippen LogP contribution in [-0.2, 0) is 10.0 Å². The van der Waals surface area contributed by atoms with Crippen LogP contribution in [0.3, 0.4) is 0 Å². The van der Waals surface area contributed by atoms with E-state index in [0.717, 1.165) is 5.56 Å². The fraction of sp³-hybridized carbons (Fsp3) is 0.143. The van der Waals surface area contributed by atoms with Crippen molar-refractivity contribution >= 4 is 32.9 Å². The lowest BCUT2D eigenvalue weighted by Gasteiger charge is -2.20. The topological polar surface area (TPSA) is 76.3 Å². The predicted octanol–water partition coefficient (Wildman–Crippen LogP) is 1.85. The highest BCUT2D eigenvalue weighted by Gasteiger charge is 2.25. The van der Waals surface area contributed by atoms with E-state index >= 15 is 0 Å². The normalized spacial score (nSPS) is 11.1. The zero-order chi connectivity index (χ0) is 15.6. The van der Waals surface area contributed by atoms with Crippen molar-refractivity contribution in [3.63, 3.8) is 0 Å². The summed E-state index contributed by atoms with van der Waals surface area (Å²) >= 11 is 4.87. The van der Waals surface area contributed by atoms with Crippen LogP contribution in [-0.4, -0.2) is 25.4 Å². The van der Waals surface area contributed by atoms with Crippen molar-refractivity contribution in [3.05, 3.63) is 53.9 Å². The smallest absolute Gasteiger partial charge is 0.266 e. The summed E-state index contributed by atoms with van der Waals surface area (Å²) in [6, 6.07) is 10.2. The first-order valence-electron chi connectivity index (χ1n) is 6.14. The molecule has 0 saturated heterocycles. The molecule has 2 N–H and O–H groups in total. The molecule has 0 atom stereocenters. The lowest BCUT2D eigenvalue weighted by molar-refractivity contribution is 0.593. The predicted molar refractivity (Wildman–Crippen MR) is 86.9 cm³/mol. The summed E-state index contributed by atoms with van der Waals surface area (Å²) in [6.07, 6.45) is 1.46. The molecule has 0 aliphatic heterocycles. The first-order valence-corrected chi connectivity index (χ1v) is 7.99. The van der Waals surface area contributed by atoms with Crippen molar-refractivity contribution in [2.75, 3.05) is 11.4 Å². The van der Waals surface area contributed by atoms with Crippen LogP contribution < -0.4 is 10.0 Å². The van der Waals surface area contributed by atoms with Gasteiger partial charge < -0.3 is 5.73 Å². The van der Waals surface area contributed by atoms with Crippen LogP contribution in [0.1, 0.15) is 11.3 Å². The maximum Gasteiger partial charge on any atom is 0.266 e. The van der Waals surface area contributed by atoms with Gasteiger partial charge >= 0.3 is 0 Å². The molecular weight excluding hydrogens is 306 g/mol. The molecule has 0 radical (unpaired) electrons. The molecule has 0 fully saturated rings. The fourth-order valence-electron chi connectivity index (χ4n) is 1.82. The summed E-state index contributed by atoms with van der Waals surface area (Å²) in [5.74, 6) is 0. The number of pyridine rings is 1. The molecule has 110 valence electrons. The number of nitrogens with two attached hydrogens (primary N) is 1. The third-order valence-corrected chi connectivity index (χ3v) is 5.05. The molecule has 0 aliphatic rings. The minimum atomic E-state index is -3.78. The Bertz CT molecular complexity index is 771. The molecule has 1 aromatic carbocycles. The number of rotatable bonds is 4. The average Bonchev–Trinajstić information content (AvgIpc) is 2.47. The second-order valence-corrected chi connectivity index (χ2v) is 6.90. The number of thiocarbonyl (C=S) groups is 1. The zero-order valence-corrected chi connectivity index (χ0v) is 13.3. The lowest BCUT2D eigenvalue weighted by Crippen LogP contribution is -2.29. The summed E-state index contributed by atoms with van der Waals surface area (Å²) in [5.41, 5.74) is 7.26. The molecule has 0 amide bonds. The Morgan fingerprint density at radius 3 is 2.43 bits per heavy atom. The van der Waals surface area contributed by atoms with Crippen LogP contribution in [0.5, 0.6) is 0 Å². The van der Waals surface area contributed by atoms with Gasteiger partial charge in [0.05, 0.1) is 5.69 Å². The Kier molecular flexibility index (Phi) is 4.24. The van der Waals surface area contributed by atoms with E-state index in [0.29, 0.717) is 5.69 Å². The van der Waals surface area contributed by atoms with E-state index in [1.807, 2.05) is 19.1 Å². The molecule has 7 heteroatoms. The molecule has 0 unspecified atom stereocenters. The number of sulfonamides is 1. The van der Waals surface area contributed by atoms with Crippen LogP contribution in [0.15, 0.2) is 47.5 Å². The van der Waals surface area contributed by atoms with Gasteiger partial charge in [0, 0.05) is 13.2 Å². The molecule has 21 heavy (non-hydrogen) atoms. The third-order valence-electron chi connectivity index (χ3n) is 3.04. The van der Waals surface area contributed by atoms with E-state index in [2.05, 4.69) is 4.98 Å². The summed E-state index contributed by atoms with van der Waals surface area (Å²) in [5, 5.41) is 0. The maximum absolute atomic E-state index is 12.7. The molecule has 2 aromatic rings. The second-order valence-electron chi connectivity index (χ2n) is 4.52. The molecule has 1 heterocycles. The minimum Gasteiger partial charge on any atom is -0.388 e. The summed E-state index contributed by atoms with van der Waals surface area (Å²) < 4.78 is 26.6. The molecule has 0 spiro atoms. The van der Waals surface area contributed by atoms with E-state index < -0.39 is 10.0 Å². The van der Waals surface area contributed by atoms with E-state index in [-0.39, 0.29) is 15.6 Å². The maximum atomic E-state index is 12.7. The number of anilines is 1. The highest BCUT2D eigenvalue weighted by Crippen LogP contribution is 2.23. The van der Waals surface area contributed by atoms with Crippen molar-refractivity contribution in [3.8, 4) is 0 Å². The lowest BCUT2D eigenvalue weighted by atomic mass is 10.2. The van der Waals surface area contributed by atoms with Gasteiger partial charge in [0.1, 0.15) is 15.6 Å². The zero-order valence-electron chi connectivity index (χ0n) is 11.6. The van der Waals surface area contributed by atoms with Crippen LogP contribution in [0.2, 0.25) is 0 Å². The SMILES string of the molecule is Cc1ccc(N(C)S(=O)(=O)c2cccnc2C(N)=S)cc1. The molecule has 5 nitrogen and oxygen atoms in total. The molecular formula is C14H15N3O2S2. The first-order chi connectivity index (χ1) is 9.84. The average molecular weight is 321 g/mol. The molecule has 0 bridgehead atoms. The van der Waals surface area contributed by atoms with Gasteiger partial charge in [-0.2, -0.15) is 0 Å². The first kappa shape index (κ1) is 15.4. The van der Waals surface area contributed by atoms with Crippen LogP contribution in [0.4, 0.5) is 5.69 Å². The van der Waals surface area contributed by atoms with E-state index in [4.69, 9.17) is 18.0 Å². The minimum absolute atomic E-state index is 0.000532. The van der Waals surface area contributed by atoms with Crippen molar-refractivity contribution in [1.82, 2.24) is 4.98 Å². The molecule has 0 saturated carbocycles. The van der Waals surface area contributed by atoms with Crippen LogP contribution in [0.25, 0.3) is 0 Å². The van der Waals surface area contributed by atoms with E-state index in [9.17, 15) is 8.42 Å². The van der Waals surface area contributed by atoms with Gasteiger partial charge in [-0.1, -0.05) is 29.9 Å². The van der Waals surface area contributed by atoms with Crippen LogP contribution in [0, 0.1) is 6.92 Å². The molecule has 2 rings (SSSR count). The van der Waals surface area contributed by atoms with Gasteiger partial charge in [0.15, 0.2) is 0 Å². The Labute approximate surface area is 129 Å². The number of nitrogens with zero attached hydrogens (tertiary/aromatic N) is 2. The van der Waals surface area contributed by atoms with Gasteiger partial charge in [-0.05, 0) is 31.2 Å². The van der Waals surface area contributed by atoms with Gasteiger partial charge in [-0.25, -0.2) is 8.42 Å². The highest BCUT2D eigenvalue weighted by atomic mass is 32.2. The highest BCUT2D eigenvalue weighted by molar-refractivity contribution is 7.93. The summed E-state index contributed by atoms with van der Waals surface area (Å²) in [7, 11) is -2.29. The Balaban J connectivity index is 2.52. The number of aromatic nitrogens is 1. The van der Waals surface area contributed by atoms with Crippen LogP contribution >= 0.6 is 12.2 Å². The monoisotopic (exact) mass is 321 g/mol. The Morgan fingerprint density at radius 1 is 1.24 bits per heavy atom. The van der Waals surface area contributed by atoms with Gasteiger partial charge in [0.2, 0.25) is 0 Å². The quantitative estimate of drug-likeness (QED) is 0.870. The molecule has 0 aliphatic carbocycles. The van der Waals surface area contributed by atoms with Crippen molar-refractivity contribution in [2.45, 2.75) is 11.8 Å². The molecule has 1 aromatic heterocycles. The number of hydrogen-bond donors (Lipinski definition) is 1. The number of benzene rings is 1. The van der Waals surface area contributed by atoms with Crippen molar-refractivity contribution in [1.29, 1.82) is 0 Å². The Morgan fingerprint density at radius 2 is 1.86 bits per heavy atom. The van der Waals surface area contributed by atoms with Gasteiger partial charge in [-0.3, -0.25) is 9.29 Å².